The van der Waals surface area contributed by atoms with Gasteiger partial charge in [-0.3, -0.25) is 4.90 Å². The highest BCUT2D eigenvalue weighted by molar-refractivity contribution is 6.21. The number of anilines is 1. The van der Waals surface area contributed by atoms with E-state index in [1.165, 1.54) is 24.1 Å². The molecule has 0 radical (unpaired) electrons. The second-order valence-corrected chi connectivity index (χ2v) is 7.96. The molecule has 2 aromatic rings. The van der Waals surface area contributed by atoms with Crippen molar-refractivity contribution >= 4 is 23.4 Å². The summed E-state index contributed by atoms with van der Waals surface area (Å²) in [7, 11) is 1.53. The lowest BCUT2D eigenvalue weighted by Gasteiger charge is -2.31. The maximum atomic E-state index is 13.6. The molecule has 1 amide bonds. The first-order chi connectivity index (χ1) is 13.1. The van der Waals surface area contributed by atoms with Gasteiger partial charge in [0.05, 0.1) is 19.3 Å². The van der Waals surface area contributed by atoms with Crippen LogP contribution in [0.3, 0.4) is 0 Å². The van der Waals surface area contributed by atoms with Crippen LogP contribution in [0.1, 0.15) is 31.9 Å². The van der Waals surface area contributed by atoms with Gasteiger partial charge < -0.3 is 15.2 Å². The maximum absolute atomic E-state index is 13.6. The van der Waals surface area contributed by atoms with Crippen molar-refractivity contribution in [2.45, 2.75) is 44.8 Å². The van der Waals surface area contributed by atoms with Gasteiger partial charge in [-0.2, -0.15) is 0 Å². The van der Waals surface area contributed by atoms with Crippen molar-refractivity contribution in [3.05, 3.63) is 59.4 Å². The van der Waals surface area contributed by atoms with Crippen molar-refractivity contribution in [3.63, 3.8) is 0 Å². The minimum Gasteiger partial charge on any atom is -0.495 e. The molecule has 0 spiro atoms. The first-order valence-corrected chi connectivity index (χ1v) is 9.33. The van der Waals surface area contributed by atoms with Crippen molar-refractivity contribution in [2.75, 3.05) is 12.8 Å². The second kappa shape index (κ2) is 9.15. The van der Waals surface area contributed by atoms with Gasteiger partial charge >= 0.3 is 6.09 Å². The predicted molar refractivity (Wildman–Crippen MR) is 109 cm³/mol. The molecule has 0 aliphatic rings. The van der Waals surface area contributed by atoms with Gasteiger partial charge in [0.15, 0.2) is 0 Å². The standard InChI is InChI=1S/C21H26ClFN2O3/c1-21(2,3)28-20(26)25(13-15-6-5-7-16(23)10-15)19(22)12-14-8-9-17(24)18(11-14)27-4/h5-11,19H,12-13,24H2,1-4H3. The van der Waals surface area contributed by atoms with Crippen LogP contribution in [0.15, 0.2) is 42.5 Å². The number of benzene rings is 2. The minimum absolute atomic E-state index is 0.118. The summed E-state index contributed by atoms with van der Waals surface area (Å²) in [6.45, 7) is 5.45. The molecule has 2 N–H and O–H groups in total. The van der Waals surface area contributed by atoms with Crippen LogP contribution in [0.2, 0.25) is 0 Å². The summed E-state index contributed by atoms with van der Waals surface area (Å²) in [5.41, 5.74) is 6.43. The zero-order valence-corrected chi connectivity index (χ0v) is 17.3. The molecule has 0 aliphatic heterocycles. The molecule has 28 heavy (non-hydrogen) atoms. The molecular weight excluding hydrogens is 383 g/mol. The van der Waals surface area contributed by atoms with Gasteiger partial charge in [-0.05, 0) is 56.2 Å². The number of hydrogen-bond acceptors (Lipinski definition) is 4. The molecule has 2 aromatic carbocycles. The first kappa shape index (κ1) is 21.8. The Balaban J connectivity index is 2.24. The van der Waals surface area contributed by atoms with Crippen LogP contribution in [-0.4, -0.2) is 29.2 Å². The van der Waals surface area contributed by atoms with E-state index in [0.29, 0.717) is 23.4 Å². The number of halogens is 2. The minimum atomic E-state index is -0.716. The summed E-state index contributed by atoms with van der Waals surface area (Å²) in [6, 6.07) is 11.4. The van der Waals surface area contributed by atoms with Crippen LogP contribution in [0.4, 0.5) is 14.9 Å². The van der Waals surface area contributed by atoms with Crippen molar-refractivity contribution in [3.8, 4) is 5.75 Å². The third-order valence-corrected chi connectivity index (χ3v) is 4.30. The van der Waals surface area contributed by atoms with Gasteiger partial charge in [0, 0.05) is 6.42 Å². The number of nitrogens with zero attached hydrogens (tertiary/aromatic N) is 1. The average molecular weight is 409 g/mol. The zero-order chi connectivity index (χ0) is 20.9. The van der Waals surface area contributed by atoms with Crippen LogP contribution >= 0.6 is 11.6 Å². The predicted octanol–water partition coefficient (Wildman–Crippen LogP) is 4.96. The maximum Gasteiger partial charge on any atom is 0.411 e. The number of ether oxygens (including phenoxy) is 2. The molecule has 7 heteroatoms. The fraction of sp³-hybridized carbons (Fsp3) is 0.381. The number of alkyl halides is 1. The van der Waals surface area contributed by atoms with E-state index in [1.54, 1.807) is 45.0 Å². The number of methoxy groups -OCH3 is 1. The Kier molecular flexibility index (Phi) is 7.13. The van der Waals surface area contributed by atoms with Crippen LogP contribution in [-0.2, 0) is 17.7 Å². The molecule has 0 heterocycles. The fourth-order valence-electron chi connectivity index (χ4n) is 2.62. The third-order valence-electron chi connectivity index (χ3n) is 3.91. The van der Waals surface area contributed by atoms with E-state index in [2.05, 4.69) is 0 Å². The summed E-state index contributed by atoms with van der Waals surface area (Å²) in [5, 5.41) is 0. The van der Waals surface area contributed by atoms with Gasteiger partial charge in [-0.1, -0.05) is 29.8 Å². The molecule has 2 rings (SSSR count). The van der Waals surface area contributed by atoms with Gasteiger partial charge in [0.2, 0.25) is 0 Å². The molecule has 0 aliphatic carbocycles. The molecule has 5 nitrogen and oxygen atoms in total. The second-order valence-electron chi connectivity index (χ2n) is 7.45. The number of nitrogens with two attached hydrogens (primary N) is 1. The van der Waals surface area contributed by atoms with Crippen molar-refractivity contribution < 1.29 is 18.7 Å². The van der Waals surface area contributed by atoms with E-state index in [9.17, 15) is 9.18 Å². The number of nitrogen functional groups attached to an aromatic ring is 1. The quantitative estimate of drug-likeness (QED) is 0.416. The SMILES string of the molecule is COc1cc(CC(Cl)N(Cc2cccc(F)c2)C(=O)OC(C)(C)C)ccc1N. The summed E-state index contributed by atoms with van der Waals surface area (Å²) in [5.74, 6) is 0.159. The molecule has 0 bridgehead atoms. The summed E-state index contributed by atoms with van der Waals surface area (Å²) >= 11 is 6.59. The molecule has 1 unspecified atom stereocenters. The Morgan fingerprint density at radius 1 is 1.21 bits per heavy atom. The van der Waals surface area contributed by atoms with Crippen LogP contribution in [0.5, 0.6) is 5.75 Å². The highest BCUT2D eigenvalue weighted by Gasteiger charge is 2.28. The highest BCUT2D eigenvalue weighted by atomic mass is 35.5. The fourth-order valence-corrected chi connectivity index (χ4v) is 2.94. The van der Waals surface area contributed by atoms with E-state index in [4.69, 9.17) is 26.8 Å². The lowest BCUT2D eigenvalue weighted by Crippen LogP contribution is -2.41. The van der Waals surface area contributed by atoms with E-state index >= 15 is 0 Å². The van der Waals surface area contributed by atoms with E-state index in [0.717, 1.165) is 5.56 Å². The average Bonchev–Trinajstić information content (AvgIpc) is 2.59. The smallest absolute Gasteiger partial charge is 0.411 e. The number of carbonyl (C=O) groups is 1. The number of amides is 1. The first-order valence-electron chi connectivity index (χ1n) is 8.89. The lowest BCUT2D eigenvalue weighted by atomic mass is 10.1. The molecule has 0 saturated heterocycles. The molecular formula is C21H26ClFN2O3. The Morgan fingerprint density at radius 3 is 2.54 bits per heavy atom. The van der Waals surface area contributed by atoms with Crippen LogP contribution in [0, 0.1) is 5.82 Å². The number of carbonyl (C=O) groups excluding carboxylic acids is 1. The van der Waals surface area contributed by atoms with Crippen LogP contribution < -0.4 is 10.5 Å². The van der Waals surface area contributed by atoms with Crippen LogP contribution in [0.25, 0.3) is 0 Å². The van der Waals surface area contributed by atoms with Gasteiger partial charge in [-0.15, -0.1) is 0 Å². The van der Waals surface area contributed by atoms with Crippen molar-refractivity contribution in [1.82, 2.24) is 4.90 Å². The van der Waals surface area contributed by atoms with Crippen molar-refractivity contribution in [2.24, 2.45) is 0 Å². The van der Waals surface area contributed by atoms with Crippen molar-refractivity contribution in [1.29, 1.82) is 0 Å². The van der Waals surface area contributed by atoms with Gasteiger partial charge in [-0.25, -0.2) is 9.18 Å². The summed E-state index contributed by atoms with van der Waals surface area (Å²) in [6.07, 6.45) is -0.230. The monoisotopic (exact) mass is 408 g/mol. The summed E-state index contributed by atoms with van der Waals surface area (Å²) in [4.78, 5) is 14.1. The van der Waals surface area contributed by atoms with E-state index in [1.807, 2.05) is 6.07 Å². The molecule has 0 aromatic heterocycles. The Morgan fingerprint density at radius 2 is 1.93 bits per heavy atom. The number of rotatable bonds is 6. The molecule has 152 valence electrons. The van der Waals surface area contributed by atoms with E-state index in [-0.39, 0.29) is 12.4 Å². The molecule has 0 fully saturated rings. The molecule has 1 atom stereocenters. The normalized spacial score (nSPS) is 12.4. The lowest BCUT2D eigenvalue weighted by molar-refractivity contribution is 0.0205. The Bertz CT molecular complexity index is 824. The third kappa shape index (κ3) is 6.30. The Hall–Kier alpha value is -2.47. The largest absolute Gasteiger partial charge is 0.495 e. The van der Waals surface area contributed by atoms with E-state index < -0.39 is 17.2 Å². The summed E-state index contributed by atoms with van der Waals surface area (Å²) < 4.78 is 24.3. The zero-order valence-electron chi connectivity index (χ0n) is 16.5. The topological polar surface area (TPSA) is 64.8 Å². The molecule has 0 saturated carbocycles. The Labute approximate surface area is 170 Å². The van der Waals surface area contributed by atoms with Gasteiger partial charge in [0.1, 0.15) is 22.7 Å². The number of hydrogen-bond donors (Lipinski definition) is 1. The van der Waals surface area contributed by atoms with Gasteiger partial charge in [0.25, 0.3) is 0 Å². The highest BCUT2D eigenvalue weighted by Crippen LogP contribution is 2.25.